The van der Waals surface area contributed by atoms with Gasteiger partial charge in [0.15, 0.2) is 0 Å². The fourth-order valence-electron chi connectivity index (χ4n) is 2.90. The molecule has 3 rings (SSSR count). The molecule has 1 aliphatic rings. The van der Waals surface area contributed by atoms with Crippen molar-refractivity contribution in [2.45, 2.75) is 19.3 Å². The maximum Gasteiger partial charge on any atom is 0.269 e. The van der Waals surface area contributed by atoms with E-state index in [2.05, 4.69) is 5.32 Å². The van der Waals surface area contributed by atoms with Crippen LogP contribution in [0.4, 0.5) is 11.4 Å². The Kier molecular flexibility index (Phi) is 5.26. The van der Waals surface area contributed by atoms with Crippen LogP contribution >= 0.6 is 0 Å². The maximum absolute atomic E-state index is 12.2. The van der Waals surface area contributed by atoms with Gasteiger partial charge < -0.3 is 10.2 Å². The average Bonchev–Trinajstić information content (AvgIpc) is 3.18. The highest BCUT2D eigenvalue weighted by atomic mass is 16.6. The lowest BCUT2D eigenvalue weighted by Gasteiger charge is -2.15. The number of nitrogens with zero attached hydrogens (tertiary/aromatic N) is 2. The molecule has 2 aromatic rings. The molecule has 1 fully saturated rings. The molecule has 0 atom stereocenters. The molecule has 0 radical (unpaired) electrons. The zero-order chi connectivity index (χ0) is 18.5. The molecule has 2 amide bonds. The van der Waals surface area contributed by atoms with Crippen molar-refractivity contribution in [2.24, 2.45) is 0 Å². The number of hydrogen-bond donors (Lipinski definition) is 1. The lowest BCUT2D eigenvalue weighted by Crippen LogP contribution is -2.29. The maximum atomic E-state index is 12.2. The van der Waals surface area contributed by atoms with Crippen molar-refractivity contribution in [1.82, 2.24) is 4.90 Å². The summed E-state index contributed by atoms with van der Waals surface area (Å²) in [6.07, 6.45) is 2.50. The second-order valence-electron chi connectivity index (χ2n) is 6.22. The molecule has 1 heterocycles. The van der Waals surface area contributed by atoms with Crippen LogP contribution in [0.1, 0.15) is 28.8 Å². The summed E-state index contributed by atoms with van der Waals surface area (Å²) in [6, 6.07) is 12.5. The largest absolute Gasteiger partial charge is 0.342 e. The molecular formula is C19H19N3O4. The average molecular weight is 353 g/mol. The zero-order valence-electron chi connectivity index (χ0n) is 14.2. The summed E-state index contributed by atoms with van der Waals surface area (Å²) in [5.41, 5.74) is 1.78. The van der Waals surface area contributed by atoms with Crippen LogP contribution in [0.15, 0.2) is 48.5 Å². The van der Waals surface area contributed by atoms with Crippen LogP contribution in [-0.4, -0.2) is 34.7 Å². The van der Waals surface area contributed by atoms with Crippen molar-refractivity contribution in [3.8, 4) is 0 Å². The number of anilines is 1. The van der Waals surface area contributed by atoms with Gasteiger partial charge >= 0.3 is 0 Å². The minimum absolute atomic E-state index is 0.0615. The molecule has 0 saturated carbocycles. The Morgan fingerprint density at radius 1 is 1.00 bits per heavy atom. The number of benzene rings is 2. The number of likely N-dealkylation sites (tertiary alicyclic amines) is 1. The lowest BCUT2D eigenvalue weighted by atomic mass is 10.1. The fraction of sp³-hybridized carbons (Fsp3) is 0.263. The van der Waals surface area contributed by atoms with Crippen molar-refractivity contribution in [2.75, 3.05) is 18.4 Å². The van der Waals surface area contributed by atoms with Gasteiger partial charge in [0.2, 0.25) is 5.91 Å². The van der Waals surface area contributed by atoms with Crippen LogP contribution in [0.25, 0.3) is 0 Å². The van der Waals surface area contributed by atoms with Gasteiger partial charge in [-0.05, 0) is 42.7 Å². The Morgan fingerprint density at radius 3 is 2.19 bits per heavy atom. The third kappa shape index (κ3) is 4.24. The minimum atomic E-state index is -0.510. The van der Waals surface area contributed by atoms with Gasteiger partial charge in [-0.15, -0.1) is 0 Å². The predicted molar refractivity (Wildman–Crippen MR) is 97.0 cm³/mol. The van der Waals surface area contributed by atoms with Crippen molar-refractivity contribution in [3.63, 3.8) is 0 Å². The normalized spacial score (nSPS) is 13.5. The van der Waals surface area contributed by atoms with Crippen molar-refractivity contribution < 1.29 is 14.5 Å². The first-order chi connectivity index (χ1) is 12.5. The van der Waals surface area contributed by atoms with E-state index in [1.54, 1.807) is 12.1 Å². The van der Waals surface area contributed by atoms with Gasteiger partial charge in [0.1, 0.15) is 0 Å². The summed E-state index contributed by atoms with van der Waals surface area (Å²) in [6.45, 7) is 1.67. The summed E-state index contributed by atoms with van der Waals surface area (Å²) in [5.74, 6) is -0.217. The molecule has 7 nitrogen and oxygen atoms in total. The summed E-state index contributed by atoms with van der Waals surface area (Å²) in [4.78, 5) is 36.3. The van der Waals surface area contributed by atoms with Crippen LogP contribution in [0.3, 0.4) is 0 Å². The lowest BCUT2D eigenvalue weighted by molar-refractivity contribution is -0.384. The number of nitro groups is 1. The number of nitrogens with one attached hydrogen (secondary N) is 1. The molecule has 1 saturated heterocycles. The Balaban J connectivity index is 1.58. The number of carbonyl (C=O) groups excluding carboxylic acids is 2. The third-order valence-electron chi connectivity index (χ3n) is 4.37. The van der Waals surface area contributed by atoms with Gasteiger partial charge in [-0.25, -0.2) is 0 Å². The van der Waals surface area contributed by atoms with E-state index in [9.17, 15) is 19.7 Å². The van der Waals surface area contributed by atoms with Gasteiger partial charge in [0, 0.05) is 36.5 Å². The summed E-state index contributed by atoms with van der Waals surface area (Å²) in [7, 11) is 0. The number of non-ortho nitro benzene ring substituents is 1. The van der Waals surface area contributed by atoms with E-state index in [0.29, 0.717) is 17.7 Å². The monoisotopic (exact) mass is 353 g/mol. The van der Waals surface area contributed by atoms with E-state index >= 15 is 0 Å². The molecule has 134 valence electrons. The molecule has 2 aromatic carbocycles. The second kappa shape index (κ2) is 7.77. The molecule has 7 heteroatoms. The van der Waals surface area contributed by atoms with Gasteiger partial charge in [0.05, 0.1) is 11.3 Å². The third-order valence-corrected chi connectivity index (χ3v) is 4.37. The first kappa shape index (κ1) is 17.6. The molecule has 0 bridgehead atoms. The minimum Gasteiger partial charge on any atom is -0.342 e. The highest BCUT2D eigenvalue weighted by Gasteiger charge is 2.18. The molecule has 0 aliphatic carbocycles. The van der Waals surface area contributed by atoms with Crippen LogP contribution in [0.2, 0.25) is 0 Å². The van der Waals surface area contributed by atoms with Crippen LogP contribution in [0.5, 0.6) is 0 Å². The Bertz CT molecular complexity index is 810. The van der Waals surface area contributed by atoms with Gasteiger partial charge in [-0.1, -0.05) is 12.1 Å². The van der Waals surface area contributed by atoms with E-state index in [1.807, 2.05) is 17.0 Å². The first-order valence-electron chi connectivity index (χ1n) is 8.45. The van der Waals surface area contributed by atoms with Crippen LogP contribution < -0.4 is 5.32 Å². The standard InChI is InChI=1S/C19H19N3O4/c23-18(21-11-1-2-12-21)13-14-3-7-16(8-4-14)20-19(24)15-5-9-17(10-6-15)22(25)26/h3-10H,1-2,11-13H2,(H,20,24). The summed E-state index contributed by atoms with van der Waals surface area (Å²) in [5, 5.41) is 13.4. The summed E-state index contributed by atoms with van der Waals surface area (Å²) >= 11 is 0. The summed E-state index contributed by atoms with van der Waals surface area (Å²) < 4.78 is 0. The Morgan fingerprint density at radius 2 is 1.62 bits per heavy atom. The number of carbonyl (C=O) groups is 2. The van der Waals surface area contributed by atoms with E-state index in [4.69, 9.17) is 0 Å². The Hall–Kier alpha value is -3.22. The molecule has 0 unspecified atom stereocenters. The molecular weight excluding hydrogens is 334 g/mol. The first-order valence-corrected chi connectivity index (χ1v) is 8.45. The molecule has 0 spiro atoms. The van der Waals surface area contributed by atoms with Crippen molar-refractivity contribution >= 4 is 23.2 Å². The SMILES string of the molecule is O=C(Nc1ccc(CC(=O)N2CCCC2)cc1)c1ccc([N+](=O)[O-])cc1. The number of hydrogen-bond acceptors (Lipinski definition) is 4. The second-order valence-corrected chi connectivity index (χ2v) is 6.22. The smallest absolute Gasteiger partial charge is 0.269 e. The van der Waals surface area contributed by atoms with E-state index in [-0.39, 0.29) is 17.5 Å². The van der Waals surface area contributed by atoms with Crippen LogP contribution in [-0.2, 0) is 11.2 Å². The molecule has 0 aromatic heterocycles. The number of amides is 2. The zero-order valence-corrected chi connectivity index (χ0v) is 14.2. The van der Waals surface area contributed by atoms with Crippen molar-refractivity contribution in [1.29, 1.82) is 0 Å². The number of nitro benzene ring substituents is 1. The highest BCUT2D eigenvalue weighted by molar-refractivity contribution is 6.04. The van der Waals surface area contributed by atoms with E-state index < -0.39 is 4.92 Å². The van der Waals surface area contributed by atoms with Crippen molar-refractivity contribution in [3.05, 3.63) is 69.8 Å². The van der Waals surface area contributed by atoms with E-state index in [0.717, 1.165) is 31.5 Å². The fourth-order valence-corrected chi connectivity index (χ4v) is 2.90. The highest BCUT2D eigenvalue weighted by Crippen LogP contribution is 2.16. The molecule has 1 N–H and O–H groups in total. The van der Waals surface area contributed by atoms with E-state index in [1.165, 1.54) is 24.3 Å². The van der Waals surface area contributed by atoms with Gasteiger partial charge in [-0.3, -0.25) is 19.7 Å². The topological polar surface area (TPSA) is 92.6 Å². The van der Waals surface area contributed by atoms with Crippen LogP contribution in [0, 0.1) is 10.1 Å². The number of rotatable bonds is 5. The quantitative estimate of drug-likeness (QED) is 0.660. The van der Waals surface area contributed by atoms with Gasteiger partial charge in [-0.2, -0.15) is 0 Å². The predicted octanol–water partition coefficient (Wildman–Crippen LogP) is 3.01. The Labute approximate surface area is 150 Å². The molecule has 26 heavy (non-hydrogen) atoms. The molecule has 1 aliphatic heterocycles. The van der Waals surface area contributed by atoms with Gasteiger partial charge in [0.25, 0.3) is 11.6 Å².